The van der Waals surface area contributed by atoms with Gasteiger partial charge in [0, 0.05) is 30.9 Å². The second-order valence-corrected chi connectivity index (χ2v) is 6.53. The average Bonchev–Trinajstić information content (AvgIpc) is 3.21. The number of benzene rings is 1. The van der Waals surface area contributed by atoms with Crippen molar-refractivity contribution in [1.29, 1.82) is 0 Å². The number of carbonyl (C=O) groups excluding carboxylic acids is 1. The molecule has 1 atom stereocenters. The molecule has 0 N–H and O–H groups in total. The molecule has 0 unspecified atom stereocenters. The number of aromatic nitrogens is 2. The SMILES string of the molecule is Cc1cccc2cc(C(=O)N3CCC[C@H](n4ccnc4C)C3)oc12. The van der Waals surface area contributed by atoms with Crippen LogP contribution in [0.15, 0.2) is 41.1 Å². The highest BCUT2D eigenvalue weighted by molar-refractivity contribution is 5.96. The first-order valence-corrected chi connectivity index (χ1v) is 8.41. The normalized spacial score (nSPS) is 18.2. The summed E-state index contributed by atoms with van der Waals surface area (Å²) in [7, 11) is 0. The lowest BCUT2D eigenvalue weighted by Gasteiger charge is -2.33. The van der Waals surface area contributed by atoms with E-state index in [0.717, 1.165) is 41.7 Å². The summed E-state index contributed by atoms with van der Waals surface area (Å²) < 4.78 is 8.02. The molecule has 5 heteroatoms. The summed E-state index contributed by atoms with van der Waals surface area (Å²) >= 11 is 0. The minimum atomic E-state index is -0.0203. The van der Waals surface area contributed by atoms with Gasteiger partial charge in [0.15, 0.2) is 5.76 Å². The number of rotatable bonds is 2. The van der Waals surface area contributed by atoms with E-state index in [1.165, 1.54) is 0 Å². The van der Waals surface area contributed by atoms with Gasteiger partial charge >= 0.3 is 0 Å². The highest BCUT2D eigenvalue weighted by Gasteiger charge is 2.28. The van der Waals surface area contributed by atoms with E-state index in [1.54, 1.807) is 0 Å². The number of amides is 1. The Kier molecular flexibility index (Phi) is 3.63. The van der Waals surface area contributed by atoms with Gasteiger partial charge in [-0.1, -0.05) is 18.2 Å². The molecular formula is C19H21N3O2. The zero-order valence-corrected chi connectivity index (χ0v) is 14.0. The van der Waals surface area contributed by atoms with E-state index in [9.17, 15) is 4.79 Å². The third-order valence-corrected chi connectivity index (χ3v) is 4.89. The van der Waals surface area contributed by atoms with E-state index in [1.807, 2.05) is 55.4 Å². The van der Waals surface area contributed by atoms with E-state index in [2.05, 4.69) is 9.55 Å². The lowest BCUT2D eigenvalue weighted by atomic mass is 10.0. The minimum Gasteiger partial charge on any atom is -0.451 e. The zero-order chi connectivity index (χ0) is 16.7. The van der Waals surface area contributed by atoms with Crippen molar-refractivity contribution in [3.63, 3.8) is 0 Å². The summed E-state index contributed by atoms with van der Waals surface area (Å²) in [5.41, 5.74) is 1.86. The van der Waals surface area contributed by atoms with E-state index in [4.69, 9.17) is 4.42 Å². The Balaban J connectivity index is 1.59. The molecule has 2 aromatic heterocycles. The molecular weight excluding hydrogens is 302 g/mol. The van der Waals surface area contributed by atoms with Crippen molar-refractivity contribution >= 4 is 16.9 Å². The fraction of sp³-hybridized carbons (Fsp3) is 0.368. The smallest absolute Gasteiger partial charge is 0.289 e. The molecule has 0 spiro atoms. The number of furan rings is 1. The van der Waals surface area contributed by atoms with Gasteiger partial charge in [-0.05, 0) is 38.3 Å². The fourth-order valence-electron chi connectivity index (χ4n) is 3.61. The van der Waals surface area contributed by atoms with Crippen LogP contribution in [0.5, 0.6) is 0 Å². The first-order chi connectivity index (χ1) is 11.6. The van der Waals surface area contributed by atoms with Crippen molar-refractivity contribution in [2.75, 3.05) is 13.1 Å². The predicted octanol–water partition coefficient (Wildman–Crippen LogP) is 3.72. The second-order valence-electron chi connectivity index (χ2n) is 6.53. The van der Waals surface area contributed by atoms with Crippen LogP contribution in [0.4, 0.5) is 0 Å². The topological polar surface area (TPSA) is 51.3 Å². The third kappa shape index (κ3) is 2.50. The van der Waals surface area contributed by atoms with Crippen LogP contribution in [-0.4, -0.2) is 33.4 Å². The quantitative estimate of drug-likeness (QED) is 0.722. The minimum absolute atomic E-state index is 0.0203. The highest BCUT2D eigenvalue weighted by atomic mass is 16.3. The summed E-state index contributed by atoms with van der Waals surface area (Å²) in [4.78, 5) is 19.1. The second kappa shape index (κ2) is 5.82. The first-order valence-electron chi connectivity index (χ1n) is 8.41. The Bertz CT molecular complexity index is 893. The van der Waals surface area contributed by atoms with E-state index < -0.39 is 0 Å². The molecule has 1 fully saturated rings. The van der Waals surface area contributed by atoms with Crippen LogP contribution in [0.1, 0.15) is 40.8 Å². The van der Waals surface area contributed by atoms with Gasteiger partial charge in [-0.25, -0.2) is 4.98 Å². The number of piperidine rings is 1. The van der Waals surface area contributed by atoms with Crippen molar-refractivity contribution in [2.45, 2.75) is 32.7 Å². The third-order valence-electron chi connectivity index (χ3n) is 4.89. The first kappa shape index (κ1) is 15.0. The van der Waals surface area contributed by atoms with Gasteiger partial charge in [0.25, 0.3) is 5.91 Å². The number of para-hydroxylation sites is 1. The molecule has 1 aliphatic heterocycles. The molecule has 5 nitrogen and oxygen atoms in total. The number of likely N-dealkylation sites (tertiary alicyclic amines) is 1. The zero-order valence-electron chi connectivity index (χ0n) is 14.0. The number of aryl methyl sites for hydroxylation is 2. The molecule has 1 amide bonds. The molecule has 3 heterocycles. The average molecular weight is 323 g/mol. The maximum Gasteiger partial charge on any atom is 0.289 e. The molecule has 4 rings (SSSR count). The molecule has 0 aliphatic carbocycles. The molecule has 0 saturated carbocycles. The predicted molar refractivity (Wildman–Crippen MR) is 92.1 cm³/mol. The number of hydrogen-bond acceptors (Lipinski definition) is 3. The van der Waals surface area contributed by atoms with Gasteiger partial charge in [-0.2, -0.15) is 0 Å². The molecule has 0 radical (unpaired) electrons. The lowest BCUT2D eigenvalue weighted by molar-refractivity contribution is 0.0648. The van der Waals surface area contributed by atoms with Crippen LogP contribution in [-0.2, 0) is 0 Å². The van der Waals surface area contributed by atoms with E-state index in [-0.39, 0.29) is 11.9 Å². The summed E-state index contributed by atoms with van der Waals surface area (Å²) in [6, 6.07) is 8.11. The van der Waals surface area contributed by atoms with Gasteiger partial charge in [0.05, 0.1) is 6.04 Å². The number of imidazole rings is 1. The molecule has 1 aromatic carbocycles. The standard InChI is InChI=1S/C19H21N3O2/c1-13-5-3-6-15-11-17(24-18(13)15)19(23)21-9-4-7-16(12-21)22-10-8-20-14(22)2/h3,5-6,8,10-11,16H,4,7,9,12H2,1-2H3/t16-/m0/s1. The fourth-order valence-corrected chi connectivity index (χ4v) is 3.61. The van der Waals surface area contributed by atoms with Gasteiger partial charge in [-0.15, -0.1) is 0 Å². The van der Waals surface area contributed by atoms with Crippen molar-refractivity contribution in [2.24, 2.45) is 0 Å². The molecule has 124 valence electrons. The maximum absolute atomic E-state index is 12.9. The van der Waals surface area contributed by atoms with Crippen molar-refractivity contribution in [3.05, 3.63) is 53.8 Å². The van der Waals surface area contributed by atoms with Gasteiger partial charge in [0.1, 0.15) is 11.4 Å². The number of nitrogens with zero attached hydrogens (tertiary/aromatic N) is 3. The summed E-state index contributed by atoms with van der Waals surface area (Å²) in [6.07, 6.45) is 5.88. The van der Waals surface area contributed by atoms with Crippen LogP contribution >= 0.6 is 0 Å². The van der Waals surface area contributed by atoms with Crippen molar-refractivity contribution < 1.29 is 9.21 Å². The van der Waals surface area contributed by atoms with Crippen molar-refractivity contribution in [3.8, 4) is 0 Å². The van der Waals surface area contributed by atoms with Crippen LogP contribution in [0.25, 0.3) is 11.0 Å². The van der Waals surface area contributed by atoms with Gasteiger partial charge in [0.2, 0.25) is 0 Å². The summed E-state index contributed by atoms with van der Waals surface area (Å²) in [6.45, 7) is 5.48. The Labute approximate surface area is 140 Å². The summed E-state index contributed by atoms with van der Waals surface area (Å²) in [5.74, 6) is 1.41. The molecule has 1 aliphatic rings. The number of hydrogen-bond donors (Lipinski definition) is 0. The Morgan fingerprint density at radius 2 is 2.21 bits per heavy atom. The highest BCUT2D eigenvalue weighted by Crippen LogP contribution is 2.27. The van der Waals surface area contributed by atoms with Crippen LogP contribution in [0, 0.1) is 13.8 Å². The largest absolute Gasteiger partial charge is 0.451 e. The van der Waals surface area contributed by atoms with Crippen LogP contribution in [0.3, 0.4) is 0 Å². The molecule has 1 saturated heterocycles. The molecule has 3 aromatic rings. The Morgan fingerprint density at radius 1 is 1.33 bits per heavy atom. The monoisotopic (exact) mass is 323 g/mol. The Hall–Kier alpha value is -2.56. The van der Waals surface area contributed by atoms with Crippen molar-refractivity contribution in [1.82, 2.24) is 14.5 Å². The summed E-state index contributed by atoms with van der Waals surface area (Å²) in [5, 5.41) is 0.984. The van der Waals surface area contributed by atoms with Crippen LogP contribution in [0.2, 0.25) is 0 Å². The van der Waals surface area contributed by atoms with E-state index in [0.29, 0.717) is 12.3 Å². The van der Waals surface area contributed by atoms with Gasteiger partial charge in [-0.3, -0.25) is 4.79 Å². The maximum atomic E-state index is 12.9. The van der Waals surface area contributed by atoms with E-state index >= 15 is 0 Å². The van der Waals surface area contributed by atoms with Crippen LogP contribution < -0.4 is 0 Å². The number of carbonyl (C=O) groups is 1. The molecule has 24 heavy (non-hydrogen) atoms. The Morgan fingerprint density at radius 3 is 2.96 bits per heavy atom. The number of fused-ring (bicyclic) bond motifs is 1. The molecule has 0 bridgehead atoms. The van der Waals surface area contributed by atoms with Gasteiger partial charge < -0.3 is 13.9 Å². The lowest BCUT2D eigenvalue weighted by Crippen LogP contribution is -2.40.